The minimum Gasteiger partial charge on any atom is -0.353 e. The normalized spacial score (nSPS) is 21.0. The Morgan fingerprint density at radius 2 is 1.95 bits per heavy atom. The summed E-state index contributed by atoms with van der Waals surface area (Å²) in [7, 11) is 0. The van der Waals surface area contributed by atoms with Gasteiger partial charge in [0.1, 0.15) is 0 Å². The third-order valence-corrected chi connectivity index (χ3v) is 4.22. The number of nitrogens with zero attached hydrogens (tertiary/aromatic N) is 1. The van der Waals surface area contributed by atoms with E-state index in [1.165, 1.54) is 0 Å². The molecule has 1 saturated heterocycles. The molecule has 0 bridgehead atoms. The Morgan fingerprint density at radius 1 is 1.32 bits per heavy atom. The summed E-state index contributed by atoms with van der Waals surface area (Å²) in [6, 6.07) is -0.266. The highest BCUT2D eigenvalue weighted by atomic mass is 35.5. The quantitative estimate of drug-likeness (QED) is 0.780. The highest BCUT2D eigenvalue weighted by Crippen LogP contribution is 2.18. The summed E-state index contributed by atoms with van der Waals surface area (Å²) in [5, 5.41) is 3.05. The van der Waals surface area contributed by atoms with E-state index in [9.17, 15) is 9.59 Å². The molecule has 6 heteroatoms. The second-order valence-electron chi connectivity index (χ2n) is 6.59. The fourth-order valence-electron chi connectivity index (χ4n) is 2.75. The molecule has 1 rings (SSSR count). The molecule has 0 aromatic heterocycles. The van der Waals surface area contributed by atoms with Gasteiger partial charge in [-0.05, 0) is 32.1 Å². The number of piperidine rings is 1. The maximum Gasteiger partial charge on any atom is 0.239 e. The molecule has 3 atom stereocenters. The van der Waals surface area contributed by atoms with Crippen LogP contribution in [0.5, 0.6) is 0 Å². The molecule has 130 valence electrons. The van der Waals surface area contributed by atoms with Gasteiger partial charge in [0.2, 0.25) is 11.8 Å². The van der Waals surface area contributed by atoms with Crippen LogP contribution >= 0.6 is 12.4 Å². The number of carbonyl (C=O) groups excluding carboxylic acids is 2. The van der Waals surface area contributed by atoms with E-state index in [2.05, 4.69) is 12.2 Å². The van der Waals surface area contributed by atoms with Gasteiger partial charge in [-0.15, -0.1) is 12.4 Å². The van der Waals surface area contributed by atoms with Crippen molar-refractivity contribution in [2.45, 2.75) is 65.5 Å². The van der Waals surface area contributed by atoms with Crippen LogP contribution in [-0.2, 0) is 9.59 Å². The van der Waals surface area contributed by atoms with Gasteiger partial charge in [-0.3, -0.25) is 9.59 Å². The average Bonchev–Trinajstić information content (AvgIpc) is 2.45. The summed E-state index contributed by atoms with van der Waals surface area (Å²) in [6.45, 7) is 9.25. The number of hydrogen-bond acceptors (Lipinski definition) is 3. The zero-order chi connectivity index (χ0) is 16.0. The Kier molecular flexibility index (Phi) is 9.69. The van der Waals surface area contributed by atoms with Crippen LogP contribution in [0.4, 0.5) is 0 Å². The molecule has 1 heterocycles. The molecular weight excluding hydrogens is 302 g/mol. The summed E-state index contributed by atoms with van der Waals surface area (Å²) in [6.07, 6.45) is 3.77. The van der Waals surface area contributed by atoms with Crippen LogP contribution in [0.3, 0.4) is 0 Å². The van der Waals surface area contributed by atoms with Gasteiger partial charge in [0.15, 0.2) is 0 Å². The van der Waals surface area contributed by atoms with Gasteiger partial charge in [0, 0.05) is 19.1 Å². The number of halogens is 1. The predicted molar refractivity (Wildman–Crippen MR) is 91.9 cm³/mol. The lowest BCUT2D eigenvalue weighted by atomic mass is 9.95. The zero-order valence-electron chi connectivity index (χ0n) is 14.3. The van der Waals surface area contributed by atoms with Gasteiger partial charge >= 0.3 is 0 Å². The Bertz CT molecular complexity index is 363. The molecule has 0 aliphatic carbocycles. The van der Waals surface area contributed by atoms with E-state index in [4.69, 9.17) is 5.73 Å². The number of likely N-dealkylation sites (tertiary alicyclic amines) is 1. The minimum atomic E-state index is -0.467. The van der Waals surface area contributed by atoms with Gasteiger partial charge < -0.3 is 16.0 Å². The first-order chi connectivity index (χ1) is 9.86. The molecule has 5 nitrogen and oxygen atoms in total. The molecule has 0 saturated carbocycles. The Balaban J connectivity index is 0.00000441. The molecule has 0 radical (unpaired) electrons. The van der Waals surface area contributed by atoms with E-state index >= 15 is 0 Å². The summed E-state index contributed by atoms with van der Waals surface area (Å²) in [4.78, 5) is 26.3. The van der Waals surface area contributed by atoms with Crippen LogP contribution in [0, 0.1) is 11.8 Å². The van der Waals surface area contributed by atoms with E-state index in [0.29, 0.717) is 13.1 Å². The highest BCUT2D eigenvalue weighted by molar-refractivity contribution is 5.85. The second-order valence-corrected chi connectivity index (χ2v) is 6.59. The third-order valence-electron chi connectivity index (χ3n) is 4.22. The van der Waals surface area contributed by atoms with Crippen LogP contribution in [-0.4, -0.2) is 41.9 Å². The molecule has 0 aromatic rings. The maximum atomic E-state index is 12.3. The molecule has 1 fully saturated rings. The highest BCUT2D eigenvalue weighted by Gasteiger charge is 2.31. The van der Waals surface area contributed by atoms with Gasteiger partial charge in [0.05, 0.1) is 12.0 Å². The standard InChI is InChI=1S/C16H31N3O2.ClH/c1-5-7-12(4)18-15(20)13-8-6-9-19(10-13)16(21)14(17)11(2)3;/h11-14H,5-10,17H2,1-4H3,(H,18,20);1H/t12?,13?,14-;/m0./s1. The van der Waals surface area contributed by atoms with E-state index in [1.807, 2.05) is 20.8 Å². The first kappa shape index (κ1) is 21.2. The zero-order valence-corrected chi connectivity index (χ0v) is 15.1. The number of hydrogen-bond donors (Lipinski definition) is 2. The molecule has 2 unspecified atom stereocenters. The number of amides is 2. The first-order valence-electron chi connectivity index (χ1n) is 8.21. The van der Waals surface area contributed by atoms with Crippen molar-refractivity contribution >= 4 is 24.2 Å². The van der Waals surface area contributed by atoms with Crippen LogP contribution in [0.15, 0.2) is 0 Å². The minimum absolute atomic E-state index is 0. The molecule has 2 amide bonds. The van der Waals surface area contributed by atoms with Gasteiger partial charge in [0.25, 0.3) is 0 Å². The Hall–Kier alpha value is -0.810. The lowest BCUT2D eigenvalue weighted by Gasteiger charge is -2.34. The van der Waals surface area contributed by atoms with Crippen molar-refractivity contribution in [3.8, 4) is 0 Å². The van der Waals surface area contributed by atoms with Crippen LogP contribution in [0.2, 0.25) is 0 Å². The van der Waals surface area contributed by atoms with Gasteiger partial charge in [-0.25, -0.2) is 0 Å². The summed E-state index contributed by atoms with van der Waals surface area (Å²) in [5.74, 6) is 0.0772. The first-order valence-corrected chi connectivity index (χ1v) is 8.21. The lowest BCUT2D eigenvalue weighted by molar-refractivity contribution is -0.137. The molecule has 3 N–H and O–H groups in total. The molecule has 22 heavy (non-hydrogen) atoms. The van der Waals surface area contributed by atoms with Crippen molar-refractivity contribution in [1.82, 2.24) is 10.2 Å². The largest absolute Gasteiger partial charge is 0.353 e. The monoisotopic (exact) mass is 333 g/mol. The van der Waals surface area contributed by atoms with E-state index in [0.717, 1.165) is 25.7 Å². The SMILES string of the molecule is CCCC(C)NC(=O)C1CCCN(C(=O)[C@@H](N)C(C)C)C1.Cl. The Morgan fingerprint density at radius 3 is 2.50 bits per heavy atom. The number of carbonyl (C=O) groups is 2. The topological polar surface area (TPSA) is 75.4 Å². The van der Waals surface area contributed by atoms with Crippen LogP contribution in [0.1, 0.15) is 53.4 Å². The van der Waals surface area contributed by atoms with E-state index in [1.54, 1.807) is 4.90 Å². The lowest BCUT2D eigenvalue weighted by Crippen LogP contribution is -2.52. The van der Waals surface area contributed by atoms with Crippen LogP contribution in [0.25, 0.3) is 0 Å². The van der Waals surface area contributed by atoms with Crippen LogP contribution < -0.4 is 11.1 Å². The van der Waals surface area contributed by atoms with Crippen molar-refractivity contribution in [3.05, 3.63) is 0 Å². The third kappa shape index (κ3) is 6.13. The average molecular weight is 334 g/mol. The smallest absolute Gasteiger partial charge is 0.239 e. The molecule has 0 aromatic carbocycles. The number of rotatable bonds is 6. The Labute approximate surface area is 140 Å². The summed E-state index contributed by atoms with van der Waals surface area (Å²) in [5.41, 5.74) is 5.94. The predicted octanol–water partition coefficient (Wildman–Crippen LogP) is 1.93. The van der Waals surface area contributed by atoms with Crippen molar-refractivity contribution in [1.29, 1.82) is 0 Å². The molecular formula is C16H32ClN3O2. The number of nitrogens with one attached hydrogen (secondary N) is 1. The second kappa shape index (κ2) is 10.1. The van der Waals surface area contributed by atoms with Gasteiger partial charge in [-0.1, -0.05) is 27.2 Å². The fraction of sp³-hybridized carbons (Fsp3) is 0.875. The van der Waals surface area contributed by atoms with E-state index < -0.39 is 6.04 Å². The van der Waals surface area contributed by atoms with E-state index in [-0.39, 0.29) is 42.1 Å². The number of nitrogens with two attached hydrogens (primary N) is 1. The summed E-state index contributed by atoms with van der Waals surface area (Å²) >= 11 is 0. The molecule has 0 spiro atoms. The summed E-state index contributed by atoms with van der Waals surface area (Å²) < 4.78 is 0. The molecule has 1 aliphatic heterocycles. The maximum absolute atomic E-state index is 12.3. The van der Waals surface area contributed by atoms with Crippen molar-refractivity contribution < 1.29 is 9.59 Å². The fourth-order valence-corrected chi connectivity index (χ4v) is 2.75. The van der Waals surface area contributed by atoms with Crippen molar-refractivity contribution in [2.75, 3.05) is 13.1 Å². The van der Waals surface area contributed by atoms with Crippen molar-refractivity contribution in [2.24, 2.45) is 17.6 Å². The van der Waals surface area contributed by atoms with Crippen molar-refractivity contribution in [3.63, 3.8) is 0 Å². The molecule has 1 aliphatic rings. The van der Waals surface area contributed by atoms with Gasteiger partial charge in [-0.2, -0.15) is 0 Å².